The molecule has 1 aromatic heterocycles. The van der Waals surface area contributed by atoms with Crippen LogP contribution in [0.2, 0.25) is 0 Å². The number of nitrogens with one attached hydrogen (secondary N) is 1. The summed E-state index contributed by atoms with van der Waals surface area (Å²) in [5.74, 6) is 1.69. The number of benzene rings is 1. The molecule has 1 saturated heterocycles. The van der Waals surface area contributed by atoms with Crippen molar-refractivity contribution in [1.82, 2.24) is 20.4 Å². The van der Waals surface area contributed by atoms with Gasteiger partial charge in [-0.3, -0.25) is 9.69 Å². The maximum Gasteiger partial charge on any atom is 0.267 e. The summed E-state index contributed by atoms with van der Waals surface area (Å²) in [6, 6.07) is 7.18. The van der Waals surface area contributed by atoms with Crippen molar-refractivity contribution in [3.05, 3.63) is 41.5 Å². The second-order valence-corrected chi connectivity index (χ2v) is 6.04. The van der Waals surface area contributed by atoms with Crippen molar-refractivity contribution in [2.24, 2.45) is 0 Å². The second kappa shape index (κ2) is 8.42. The van der Waals surface area contributed by atoms with Crippen molar-refractivity contribution >= 4 is 18.2 Å². The topological polar surface area (TPSA) is 80.5 Å². The van der Waals surface area contributed by atoms with Crippen molar-refractivity contribution in [1.29, 1.82) is 0 Å². The average molecular weight is 367 g/mol. The Balaban J connectivity index is 0.00000225. The van der Waals surface area contributed by atoms with Crippen LogP contribution >= 0.6 is 12.4 Å². The Labute approximate surface area is 153 Å². The molecule has 7 nitrogen and oxygen atoms in total. The Morgan fingerprint density at radius 1 is 1.48 bits per heavy atom. The minimum absolute atomic E-state index is 0. The Morgan fingerprint density at radius 3 is 3.00 bits per heavy atom. The van der Waals surface area contributed by atoms with E-state index in [-0.39, 0.29) is 24.2 Å². The van der Waals surface area contributed by atoms with Crippen LogP contribution in [0, 0.1) is 0 Å². The van der Waals surface area contributed by atoms with Gasteiger partial charge in [-0.15, -0.1) is 12.4 Å². The zero-order chi connectivity index (χ0) is 17.1. The lowest BCUT2D eigenvalue weighted by Gasteiger charge is -2.30. The number of hydrogen-bond acceptors (Lipinski definition) is 7. The van der Waals surface area contributed by atoms with Gasteiger partial charge in [0.1, 0.15) is 5.75 Å². The van der Waals surface area contributed by atoms with E-state index in [0.717, 1.165) is 19.6 Å². The van der Waals surface area contributed by atoms with Crippen molar-refractivity contribution in [2.75, 3.05) is 26.7 Å². The van der Waals surface area contributed by atoms with Gasteiger partial charge >= 0.3 is 0 Å². The van der Waals surface area contributed by atoms with Crippen molar-refractivity contribution < 1.29 is 14.1 Å². The highest BCUT2D eigenvalue weighted by molar-refractivity contribution is 5.94. The molecule has 8 heteroatoms. The maximum absolute atomic E-state index is 11.5. The lowest BCUT2D eigenvalue weighted by atomic mass is 10.1. The average Bonchev–Trinajstić information content (AvgIpc) is 3.05. The molecule has 0 saturated carbocycles. The summed E-state index contributed by atoms with van der Waals surface area (Å²) in [6.45, 7) is 6.08. The van der Waals surface area contributed by atoms with Gasteiger partial charge in [0, 0.05) is 25.2 Å². The van der Waals surface area contributed by atoms with Gasteiger partial charge in [-0.25, -0.2) is 0 Å². The third-order valence-electron chi connectivity index (χ3n) is 4.17. The van der Waals surface area contributed by atoms with Crippen LogP contribution in [0.15, 0.2) is 28.8 Å². The van der Waals surface area contributed by atoms with Gasteiger partial charge in [0.2, 0.25) is 0 Å². The maximum atomic E-state index is 11.5. The number of piperazine rings is 1. The highest BCUT2D eigenvalue weighted by Crippen LogP contribution is 2.24. The summed E-state index contributed by atoms with van der Waals surface area (Å²) in [4.78, 5) is 18.1. The van der Waals surface area contributed by atoms with Crippen LogP contribution in [0.25, 0.3) is 0 Å². The summed E-state index contributed by atoms with van der Waals surface area (Å²) in [5.41, 5.74) is 0.612. The molecule has 0 aliphatic carbocycles. The first-order chi connectivity index (χ1) is 11.5. The molecule has 0 bridgehead atoms. The fraction of sp³-hybridized carbons (Fsp3) is 0.471. The highest BCUT2D eigenvalue weighted by Gasteiger charge is 2.26. The van der Waals surface area contributed by atoms with Gasteiger partial charge in [-0.1, -0.05) is 17.3 Å². The van der Waals surface area contributed by atoms with Gasteiger partial charge in [0.25, 0.3) is 5.89 Å². The van der Waals surface area contributed by atoms with E-state index in [1.165, 1.54) is 6.92 Å². The lowest BCUT2D eigenvalue weighted by Crippen LogP contribution is -2.44. The quantitative estimate of drug-likeness (QED) is 0.814. The SMILES string of the molecule is CC(=O)c1cccc(OC(C)c2nc(C3CNCCN3C)no2)c1.Cl. The summed E-state index contributed by atoms with van der Waals surface area (Å²) in [7, 11) is 2.05. The van der Waals surface area contributed by atoms with Gasteiger partial charge in [0.05, 0.1) is 6.04 Å². The second-order valence-electron chi connectivity index (χ2n) is 6.04. The van der Waals surface area contributed by atoms with Gasteiger partial charge in [-0.2, -0.15) is 4.98 Å². The predicted molar refractivity (Wildman–Crippen MR) is 95.3 cm³/mol. The number of rotatable bonds is 5. The molecule has 2 aromatic rings. The van der Waals surface area contributed by atoms with Crippen molar-refractivity contribution in [3.8, 4) is 5.75 Å². The highest BCUT2D eigenvalue weighted by atomic mass is 35.5. The normalized spacial score (nSPS) is 19.1. The molecule has 3 rings (SSSR count). The summed E-state index contributed by atoms with van der Waals surface area (Å²) < 4.78 is 11.2. The zero-order valence-corrected chi connectivity index (χ0v) is 15.4. The predicted octanol–water partition coefficient (Wildman–Crippen LogP) is 2.41. The number of carbonyl (C=O) groups excluding carboxylic acids is 1. The number of aromatic nitrogens is 2. The molecule has 2 unspecified atom stereocenters. The Kier molecular flexibility index (Phi) is 6.52. The van der Waals surface area contributed by atoms with Crippen LogP contribution in [0.3, 0.4) is 0 Å². The van der Waals surface area contributed by atoms with Crippen LogP contribution in [-0.4, -0.2) is 47.5 Å². The first kappa shape index (κ1) is 19.4. The molecule has 1 aromatic carbocycles. The number of hydrogen-bond donors (Lipinski definition) is 1. The van der Waals surface area contributed by atoms with Crippen molar-refractivity contribution in [2.45, 2.75) is 26.0 Å². The van der Waals surface area contributed by atoms with E-state index in [4.69, 9.17) is 9.26 Å². The Bertz CT molecular complexity index is 721. The standard InChI is InChI=1S/C17H22N4O3.ClH/c1-11(22)13-5-4-6-14(9-13)23-12(2)17-19-16(20-24-17)15-10-18-7-8-21(15)3;/h4-6,9,12,15,18H,7-8,10H2,1-3H3;1H. The molecular weight excluding hydrogens is 344 g/mol. The molecule has 2 heterocycles. The summed E-state index contributed by atoms with van der Waals surface area (Å²) in [5, 5.41) is 7.43. The van der Waals surface area contributed by atoms with E-state index in [1.807, 2.05) is 6.92 Å². The fourth-order valence-electron chi connectivity index (χ4n) is 2.68. The summed E-state index contributed by atoms with van der Waals surface area (Å²) >= 11 is 0. The van der Waals surface area contributed by atoms with E-state index < -0.39 is 6.10 Å². The first-order valence-electron chi connectivity index (χ1n) is 8.06. The molecule has 1 aliphatic heterocycles. The van der Waals surface area contributed by atoms with E-state index in [2.05, 4.69) is 27.4 Å². The number of halogens is 1. The number of ketones is 1. The van der Waals surface area contributed by atoms with E-state index in [9.17, 15) is 4.79 Å². The van der Waals surface area contributed by atoms with Crippen LogP contribution in [0.4, 0.5) is 0 Å². The van der Waals surface area contributed by atoms with Crippen LogP contribution in [0.1, 0.15) is 48.1 Å². The summed E-state index contributed by atoms with van der Waals surface area (Å²) in [6.07, 6.45) is -0.393. The Hall–Kier alpha value is -1.96. The largest absolute Gasteiger partial charge is 0.481 e. The van der Waals surface area contributed by atoms with Crippen LogP contribution in [0.5, 0.6) is 5.75 Å². The number of carbonyl (C=O) groups is 1. The molecule has 0 radical (unpaired) electrons. The van der Waals surface area contributed by atoms with Gasteiger partial charge in [-0.05, 0) is 33.0 Å². The number of Topliss-reactive ketones (excluding diaryl/α,β-unsaturated/α-hetero) is 1. The first-order valence-corrected chi connectivity index (χ1v) is 8.06. The Morgan fingerprint density at radius 2 is 2.28 bits per heavy atom. The minimum Gasteiger partial charge on any atom is -0.481 e. The molecule has 1 fully saturated rings. The third kappa shape index (κ3) is 4.56. The van der Waals surface area contributed by atoms with E-state index in [1.54, 1.807) is 24.3 Å². The zero-order valence-electron chi connectivity index (χ0n) is 14.6. The molecule has 2 atom stereocenters. The molecule has 1 N–H and O–H groups in total. The molecule has 25 heavy (non-hydrogen) atoms. The molecule has 136 valence electrons. The number of nitrogens with zero attached hydrogens (tertiary/aromatic N) is 3. The molecular formula is C17H23ClN4O3. The minimum atomic E-state index is -0.393. The van der Waals surface area contributed by atoms with E-state index in [0.29, 0.717) is 23.0 Å². The molecule has 1 aliphatic rings. The van der Waals surface area contributed by atoms with Gasteiger partial charge < -0.3 is 14.6 Å². The fourth-order valence-corrected chi connectivity index (χ4v) is 2.68. The van der Waals surface area contributed by atoms with E-state index >= 15 is 0 Å². The smallest absolute Gasteiger partial charge is 0.267 e. The van der Waals surface area contributed by atoms with Gasteiger partial charge in [0.15, 0.2) is 17.7 Å². The molecule has 0 amide bonds. The van der Waals surface area contributed by atoms with Crippen LogP contribution < -0.4 is 10.1 Å². The van der Waals surface area contributed by atoms with Crippen LogP contribution in [-0.2, 0) is 0 Å². The number of likely N-dealkylation sites (N-methyl/N-ethyl adjacent to an activating group) is 1. The third-order valence-corrected chi connectivity index (χ3v) is 4.17. The lowest BCUT2D eigenvalue weighted by molar-refractivity contribution is 0.101. The number of ether oxygens (including phenoxy) is 1. The monoisotopic (exact) mass is 366 g/mol. The molecule has 0 spiro atoms. The van der Waals surface area contributed by atoms with Crippen molar-refractivity contribution in [3.63, 3.8) is 0 Å².